The molecule has 0 N–H and O–H groups in total. The third kappa shape index (κ3) is 1.65. The van der Waals surface area contributed by atoms with Gasteiger partial charge in [0, 0.05) is 5.31 Å². The van der Waals surface area contributed by atoms with E-state index in [1.165, 1.54) is 44.1 Å². The molecule has 104 valence electrons. The molecule has 4 fully saturated rings. The molecule has 1 heterocycles. The zero-order valence-corrected chi connectivity index (χ0v) is 13.3. The van der Waals surface area contributed by atoms with Crippen LogP contribution in [0.15, 0.2) is 35.6 Å². The van der Waals surface area contributed by atoms with Gasteiger partial charge in [-0.2, -0.15) is 0 Å². The largest absolute Gasteiger partial charge is 0.0861 e. The molecule has 6 rings (SSSR count). The fourth-order valence-electron chi connectivity index (χ4n) is 5.85. The lowest BCUT2D eigenvalue weighted by Crippen LogP contribution is -2.45. The third-order valence-corrected chi connectivity index (χ3v) is 8.91. The maximum Gasteiger partial charge on any atom is 0.0505 e. The van der Waals surface area contributed by atoms with Gasteiger partial charge >= 0.3 is 0 Å². The molecule has 1 aromatic rings. The van der Waals surface area contributed by atoms with Crippen molar-refractivity contribution < 1.29 is 0 Å². The zero-order chi connectivity index (χ0) is 13.3. The Morgan fingerprint density at radius 3 is 2.00 bits per heavy atom. The monoisotopic (exact) mass is 302 g/mol. The Morgan fingerprint density at radius 1 is 0.900 bits per heavy atom. The van der Waals surface area contributed by atoms with Crippen LogP contribution in [-0.4, -0.2) is 0 Å². The molecule has 5 aliphatic rings. The van der Waals surface area contributed by atoms with E-state index in [1.54, 1.807) is 10.6 Å². The average molecular weight is 303 g/mol. The number of hydrogen-bond acceptors (Lipinski definition) is 0. The van der Waals surface area contributed by atoms with Crippen molar-refractivity contribution in [2.75, 3.05) is 0 Å². The number of hydrogen-bond donors (Lipinski definition) is 0. The normalized spacial score (nSPS) is 45.0. The van der Waals surface area contributed by atoms with Gasteiger partial charge in [-0.05, 0) is 72.6 Å². The quantitative estimate of drug-likeness (QED) is 0.569. The van der Waals surface area contributed by atoms with Gasteiger partial charge in [0.15, 0.2) is 0 Å². The molecule has 0 nitrogen and oxygen atoms in total. The van der Waals surface area contributed by atoms with E-state index < -0.39 is 7.27 Å². The van der Waals surface area contributed by atoms with Crippen LogP contribution in [0.25, 0.3) is 5.31 Å². The number of rotatable bonds is 2. The van der Waals surface area contributed by atoms with Gasteiger partial charge in [0.1, 0.15) is 0 Å². The third-order valence-electron chi connectivity index (χ3n) is 6.15. The minimum absolute atomic E-state index is 0.429. The molecule has 1 aliphatic heterocycles. The zero-order valence-electron chi connectivity index (χ0n) is 11.7. The van der Waals surface area contributed by atoms with E-state index >= 15 is 0 Å². The summed E-state index contributed by atoms with van der Waals surface area (Å²) in [6.45, 7) is 0. The lowest BCUT2D eigenvalue weighted by atomic mass is 9.49. The lowest BCUT2D eigenvalue weighted by Gasteiger charge is -2.56. The van der Waals surface area contributed by atoms with Crippen molar-refractivity contribution in [2.24, 2.45) is 23.2 Å². The van der Waals surface area contributed by atoms with Crippen molar-refractivity contribution in [2.45, 2.75) is 38.5 Å². The van der Waals surface area contributed by atoms with E-state index in [4.69, 9.17) is 11.2 Å². The van der Waals surface area contributed by atoms with Crippen LogP contribution in [0.4, 0.5) is 0 Å². The number of halogens is 1. The van der Waals surface area contributed by atoms with Gasteiger partial charge in [-0.15, -0.1) is 0 Å². The highest BCUT2D eigenvalue weighted by Crippen LogP contribution is 2.85. The van der Waals surface area contributed by atoms with Gasteiger partial charge < -0.3 is 0 Å². The second-order valence-corrected chi connectivity index (χ2v) is 10.0. The number of benzene rings is 1. The van der Waals surface area contributed by atoms with Crippen LogP contribution >= 0.6 is 18.5 Å². The van der Waals surface area contributed by atoms with Gasteiger partial charge in [0.05, 0.1) is 7.27 Å². The van der Waals surface area contributed by atoms with E-state index in [0.29, 0.717) is 5.41 Å². The average Bonchev–Trinajstić information content (AvgIpc) is 3.11. The lowest BCUT2D eigenvalue weighted by molar-refractivity contribution is -0.0248. The van der Waals surface area contributed by atoms with Crippen LogP contribution in [-0.2, 0) is 0 Å². The molecule has 0 unspecified atom stereocenters. The molecular weight excluding hydrogens is 283 g/mol. The summed E-state index contributed by atoms with van der Waals surface area (Å²) in [6.07, 6.45) is 8.93. The van der Waals surface area contributed by atoms with Gasteiger partial charge in [-0.1, -0.05) is 41.6 Å². The highest BCUT2D eigenvalue weighted by atomic mass is 35.7. The van der Waals surface area contributed by atoms with E-state index in [1.807, 2.05) is 0 Å². The molecule has 4 saturated carbocycles. The molecule has 0 aromatic heterocycles. The predicted molar refractivity (Wildman–Crippen MR) is 86.7 cm³/mol. The molecule has 4 bridgehead atoms. The highest BCUT2D eigenvalue weighted by molar-refractivity contribution is 8.02. The van der Waals surface area contributed by atoms with E-state index in [9.17, 15) is 0 Å². The highest BCUT2D eigenvalue weighted by Gasteiger charge is 2.58. The molecule has 0 amide bonds. The van der Waals surface area contributed by atoms with E-state index in [-0.39, 0.29) is 0 Å². The summed E-state index contributed by atoms with van der Waals surface area (Å²) in [5.74, 6) is 3.06. The summed E-state index contributed by atoms with van der Waals surface area (Å²) in [6, 6.07) is 10.9. The standard InChI is InChI=1S/C18H20ClP/c19-20-16(15-4-2-1-3-5-15)17(20)18-9-12-6-13(10-18)8-14(7-12)11-18/h1-5,12-14H,6-11H2/t12?,13?,14?,18?,20-/m1/s1. The Kier molecular flexibility index (Phi) is 2.52. The fraction of sp³-hybridized carbons (Fsp3) is 0.556. The van der Waals surface area contributed by atoms with Crippen molar-refractivity contribution in [1.82, 2.24) is 0 Å². The Morgan fingerprint density at radius 2 is 1.45 bits per heavy atom. The van der Waals surface area contributed by atoms with Crippen LogP contribution in [0, 0.1) is 23.2 Å². The maximum absolute atomic E-state index is 6.78. The van der Waals surface area contributed by atoms with Crippen LogP contribution in [0.5, 0.6) is 0 Å². The maximum atomic E-state index is 6.78. The molecule has 0 saturated heterocycles. The van der Waals surface area contributed by atoms with Crippen molar-refractivity contribution in [3.63, 3.8) is 0 Å². The topological polar surface area (TPSA) is 0 Å². The Balaban J connectivity index is 1.56. The van der Waals surface area contributed by atoms with Gasteiger partial charge in [0.2, 0.25) is 0 Å². The molecule has 1 atom stereocenters. The second kappa shape index (κ2) is 4.11. The van der Waals surface area contributed by atoms with Crippen molar-refractivity contribution in [1.29, 1.82) is 0 Å². The van der Waals surface area contributed by atoms with Crippen LogP contribution < -0.4 is 0 Å². The first-order valence-electron chi connectivity index (χ1n) is 8.01. The first-order chi connectivity index (χ1) is 9.75. The minimum Gasteiger partial charge on any atom is -0.0861 e. The summed E-state index contributed by atoms with van der Waals surface area (Å²) in [4.78, 5) is 0. The summed E-state index contributed by atoms with van der Waals surface area (Å²) in [5, 5.41) is 3.25. The molecule has 4 aliphatic carbocycles. The Hall–Kier alpha value is -0.320. The summed E-state index contributed by atoms with van der Waals surface area (Å²) in [7, 11) is -0.429. The van der Waals surface area contributed by atoms with Crippen molar-refractivity contribution in [3.8, 4) is 0 Å². The summed E-state index contributed by atoms with van der Waals surface area (Å²) < 4.78 is 0. The van der Waals surface area contributed by atoms with E-state index in [2.05, 4.69) is 30.3 Å². The molecule has 0 spiro atoms. The number of allylic oxidation sites excluding steroid dienone is 1. The van der Waals surface area contributed by atoms with Crippen LogP contribution in [0.2, 0.25) is 0 Å². The summed E-state index contributed by atoms with van der Waals surface area (Å²) >= 11 is 6.78. The van der Waals surface area contributed by atoms with Gasteiger partial charge in [-0.25, -0.2) is 0 Å². The minimum atomic E-state index is -0.429. The molecule has 20 heavy (non-hydrogen) atoms. The second-order valence-electron chi connectivity index (χ2n) is 7.54. The van der Waals surface area contributed by atoms with Crippen LogP contribution in [0.3, 0.4) is 0 Å². The SMILES string of the molecule is Cl[P@]1C(c2ccccc2)=C1C12CC3CC(CC(C3)C1)C2. The summed E-state index contributed by atoms with van der Waals surface area (Å²) in [5.41, 5.74) is 1.94. The molecular formula is C18H20ClP. The Labute approximate surface area is 127 Å². The smallest absolute Gasteiger partial charge is 0.0505 e. The molecule has 1 aromatic carbocycles. The first-order valence-corrected chi connectivity index (χ1v) is 10.3. The first kappa shape index (κ1) is 12.2. The molecule has 0 radical (unpaired) electrons. The predicted octanol–water partition coefficient (Wildman–Crippen LogP) is 6.22. The molecule has 2 heteroatoms. The van der Waals surface area contributed by atoms with Gasteiger partial charge in [0.25, 0.3) is 0 Å². The van der Waals surface area contributed by atoms with Gasteiger partial charge in [-0.3, -0.25) is 0 Å². The fourth-order valence-corrected chi connectivity index (χ4v) is 9.11. The van der Waals surface area contributed by atoms with Crippen LogP contribution in [0.1, 0.15) is 44.1 Å². The Bertz CT molecular complexity index is 553. The van der Waals surface area contributed by atoms with E-state index in [0.717, 1.165) is 17.8 Å². The van der Waals surface area contributed by atoms with Crippen molar-refractivity contribution >= 4 is 23.8 Å². The van der Waals surface area contributed by atoms with Crippen molar-refractivity contribution in [3.05, 3.63) is 41.2 Å².